The van der Waals surface area contributed by atoms with E-state index in [4.69, 9.17) is 9.98 Å². The molecule has 0 heterocycles. The molecule has 0 saturated carbocycles. The molecule has 0 aliphatic heterocycles. The summed E-state index contributed by atoms with van der Waals surface area (Å²) in [7, 11) is 0. The fourth-order valence-corrected chi connectivity index (χ4v) is 7.83. The van der Waals surface area contributed by atoms with Crippen molar-refractivity contribution >= 4 is 58.2 Å². The van der Waals surface area contributed by atoms with Crippen LogP contribution in [0.2, 0.25) is 0 Å². The minimum Gasteiger partial charge on any atom is -1.00 e. The van der Waals surface area contributed by atoms with E-state index >= 15 is 0 Å². The molecule has 0 aliphatic rings. The molecule has 346 valence electrons. The van der Waals surface area contributed by atoms with Gasteiger partial charge in [0.25, 0.3) is 0 Å². The van der Waals surface area contributed by atoms with Gasteiger partial charge in [0, 0.05) is 36.4 Å². The topological polar surface area (TPSA) is 48.8 Å². The molecular weight excluding hydrogens is 857 g/mol. The van der Waals surface area contributed by atoms with E-state index in [-0.39, 0.29) is 46.1 Å². The Morgan fingerprint density at radius 1 is 0.469 bits per heavy atom. The van der Waals surface area contributed by atoms with Crippen LogP contribution in [0.4, 0.5) is 22.7 Å². The quantitative estimate of drug-likeness (QED) is 0.0452. The summed E-state index contributed by atoms with van der Waals surface area (Å²) in [5, 5.41) is 7.75. The van der Waals surface area contributed by atoms with E-state index in [1.54, 1.807) is 0 Å². The second-order valence-corrected chi connectivity index (χ2v) is 19.0. The van der Waals surface area contributed by atoms with Crippen LogP contribution in [0.25, 0.3) is 0 Å². The van der Waals surface area contributed by atoms with Gasteiger partial charge in [0.15, 0.2) is 0 Å². The molecule has 0 radical (unpaired) electrons. The third kappa shape index (κ3) is 18.0. The number of anilines is 2. The fraction of sp³-hybridized carbons (Fsp3) is 0.466. The van der Waals surface area contributed by atoms with Gasteiger partial charge in [-0.25, -0.2) is 19.6 Å². The van der Waals surface area contributed by atoms with Gasteiger partial charge < -0.3 is 27.6 Å². The van der Waals surface area contributed by atoms with E-state index in [1.807, 2.05) is 18.5 Å². The Morgan fingerprint density at radius 2 is 0.719 bits per heavy atom. The van der Waals surface area contributed by atoms with Crippen LogP contribution in [0.1, 0.15) is 209 Å². The first-order valence-corrected chi connectivity index (χ1v) is 23.4. The Kier molecular flexibility index (Phi) is 28.9. The van der Waals surface area contributed by atoms with Crippen LogP contribution in [0.15, 0.2) is 108 Å². The summed E-state index contributed by atoms with van der Waals surface area (Å²) in [5.74, 6) is 3.70. The molecule has 0 aromatic heterocycles. The van der Waals surface area contributed by atoms with Gasteiger partial charge in [0.05, 0.1) is 11.4 Å². The van der Waals surface area contributed by atoms with Gasteiger partial charge in [-0.2, -0.15) is 0 Å². The Labute approximate surface area is 419 Å². The van der Waals surface area contributed by atoms with Crippen molar-refractivity contribution in [3.05, 3.63) is 150 Å². The van der Waals surface area contributed by atoms with Crippen LogP contribution in [0.3, 0.4) is 0 Å². The van der Waals surface area contributed by atoms with Crippen molar-refractivity contribution in [2.75, 3.05) is 17.2 Å². The monoisotopic (exact) mass is 941 g/mol. The molecule has 0 spiro atoms. The maximum absolute atomic E-state index is 4.84. The Hall–Kier alpha value is -3.58. The predicted molar refractivity (Wildman–Crippen MR) is 287 cm³/mol. The van der Waals surface area contributed by atoms with Crippen LogP contribution < -0.4 is 27.6 Å². The summed E-state index contributed by atoms with van der Waals surface area (Å²) in [6.45, 7) is 47.4. The van der Waals surface area contributed by atoms with Gasteiger partial charge in [0.2, 0.25) is 0 Å². The number of aliphatic imine (C=N–C) groups is 2. The van der Waals surface area contributed by atoms with Crippen molar-refractivity contribution in [2.24, 2.45) is 9.98 Å². The molecule has 0 bridgehead atoms. The molecule has 64 heavy (non-hydrogen) atoms. The number of rotatable bonds is 18. The van der Waals surface area contributed by atoms with Crippen molar-refractivity contribution < 1.29 is 17.0 Å². The van der Waals surface area contributed by atoms with Gasteiger partial charge in [-0.1, -0.05) is 190 Å². The van der Waals surface area contributed by atoms with Crippen molar-refractivity contribution in [3.8, 4) is 0 Å². The number of nitrogens with zero attached hydrogens (tertiary/aromatic N) is 2. The van der Waals surface area contributed by atoms with Gasteiger partial charge >= 0.3 is 23.1 Å². The first-order chi connectivity index (χ1) is 29.3. The molecule has 1 atom stereocenters. The van der Waals surface area contributed by atoms with E-state index in [0.29, 0.717) is 47.3 Å². The van der Waals surface area contributed by atoms with Crippen LogP contribution >= 0.6 is 0 Å². The van der Waals surface area contributed by atoms with E-state index in [0.717, 1.165) is 24.3 Å². The summed E-state index contributed by atoms with van der Waals surface area (Å²) >= 11 is 0. The molecule has 6 heteroatoms. The average Bonchev–Trinajstić information content (AvgIpc) is 3.21. The number of hydrogen-bond acceptors (Lipinski definition) is 4. The van der Waals surface area contributed by atoms with Gasteiger partial charge in [-0.15, -0.1) is 6.58 Å². The second kappa shape index (κ2) is 30.6. The van der Waals surface area contributed by atoms with Crippen LogP contribution in [0, 0.1) is 6.92 Å². The van der Waals surface area contributed by atoms with Crippen LogP contribution in [0.5, 0.6) is 0 Å². The average molecular weight is 943 g/mol. The molecule has 2 N–H and O–H groups in total. The Morgan fingerprint density at radius 3 is 0.969 bits per heavy atom. The zero-order valence-electron chi connectivity index (χ0n) is 42.9. The molecule has 4 nitrogen and oxygen atoms in total. The Bertz CT molecular complexity index is 1860. The molecule has 4 aromatic rings. The largest absolute Gasteiger partial charge is 2.00 e. The van der Waals surface area contributed by atoms with Crippen molar-refractivity contribution in [2.45, 2.75) is 171 Å². The second-order valence-electron chi connectivity index (χ2n) is 19.0. The summed E-state index contributed by atoms with van der Waals surface area (Å²) in [6.07, 6.45) is 8.16. The Balaban J connectivity index is 0.00000114. The summed E-state index contributed by atoms with van der Waals surface area (Å²) < 4.78 is 0. The normalized spacial score (nSPS) is 11.8. The summed E-state index contributed by atoms with van der Waals surface area (Å²) in [4.78, 5) is 9.68. The number of hydrogen-bond donors (Lipinski definition) is 2. The standard InChI is InChI=1S/C29H44N2.C26H36N2.C3H5.BrH.Mg/c1-10-13-23(31-29-26(21(6)7)16-12-17-27(29)22(8)9)18-30-28-24(19(2)3)14-11-15-25(28)20(4)5;1-17(2)21-11-9-12-22(18(3)4)25(21)27-15-16-28-26-23(19(5)6)13-10-14-24(26)20(7)8;1-3-2;;/h10-12,14-17,19-23,30-31H,1,13,18H2,2-9H3;9-20H,1-8H3;3H,1-2H2;1H;/q;;-1;;+2/p-1. The molecule has 4 aromatic carbocycles. The maximum Gasteiger partial charge on any atom is 2.00 e. The van der Waals surface area contributed by atoms with Gasteiger partial charge in [-0.05, 0) is 98.3 Å². The molecule has 0 aliphatic carbocycles. The third-order valence-corrected chi connectivity index (χ3v) is 11.2. The SMILES string of the molecule is C=CCC(CNc1c(C(C)C)cccc1C(C)C)Nc1c(C(C)C)cccc1C(C)C.C=C[CH2-].CC(C)c1cccc(C(C)C)c1N=CC=Nc1c(C(C)C)cccc1C(C)C.[Br-].[Mg+2]. The summed E-state index contributed by atoms with van der Waals surface area (Å²) in [6, 6.07) is 26.8. The molecule has 0 saturated heterocycles. The number of halogens is 1. The van der Waals surface area contributed by atoms with Gasteiger partial charge in [-0.3, -0.25) is 9.98 Å². The minimum atomic E-state index is 0. The van der Waals surface area contributed by atoms with E-state index in [2.05, 4.69) is 214 Å². The van der Waals surface area contributed by atoms with E-state index < -0.39 is 0 Å². The number of para-hydroxylation sites is 4. The third-order valence-electron chi connectivity index (χ3n) is 11.2. The van der Waals surface area contributed by atoms with Crippen molar-refractivity contribution in [1.29, 1.82) is 0 Å². The molecular formula is C58H85BrMgN4. The predicted octanol–water partition coefficient (Wildman–Crippen LogP) is 14.6. The zero-order valence-corrected chi connectivity index (χ0v) is 45.9. The minimum absolute atomic E-state index is 0. The molecule has 0 amide bonds. The molecule has 0 fully saturated rings. The van der Waals surface area contributed by atoms with E-state index in [9.17, 15) is 0 Å². The zero-order chi connectivity index (χ0) is 46.7. The number of benzene rings is 4. The van der Waals surface area contributed by atoms with Crippen LogP contribution in [-0.2, 0) is 0 Å². The van der Waals surface area contributed by atoms with Crippen LogP contribution in [-0.4, -0.2) is 48.1 Å². The van der Waals surface area contributed by atoms with Crippen molar-refractivity contribution in [1.82, 2.24) is 0 Å². The first-order valence-electron chi connectivity index (χ1n) is 23.4. The number of nitrogens with one attached hydrogen (secondary N) is 2. The van der Waals surface area contributed by atoms with E-state index in [1.165, 1.54) is 62.0 Å². The first kappa shape index (κ1) is 60.4. The van der Waals surface area contributed by atoms with Gasteiger partial charge in [0.1, 0.15) is 0 Å². The maximum atomic E-state index is 4.84. The van der Waals surface area contributed by atoms with Crippen molar-refractivity contribution in [3.63, 3.8) is 0 Å². The fourth-order valence-electron chi connectivity index (χ4n) is 7.83. The summed E-state index contributed by atoms with van der Waals surface area (Å²) in [5.41, 5.74) is 15.6. The smallest absolute Gasteiger partial charge is 1.00 e. The molecule has 1 unspecified atom stereocenters. The number of allylic oxidation sites excluding steroid dienone is 1. The molecule has 4 rings (SSSR count).